The number of alkyl halides is 2. The van der Waals surface area contributed by atoms with Gasteiger partial charge in [0.2, 0.25) is 0 Å². The van der Waals surface area contributed by atoms with Crippen LogP contribution in [0.5, 0.6) is 0 Å². The van der Waals surface area contributed by atoms with Gasteiger partial charge in [-0.25, -0.2) is 0 Å². The third kappa shape index (κ3) is 19.6. The van der Waals surface area contributed by atoms with Crippen molar-refractivity contribution in [1.29, 1.82) is 0 Å². The maximum atomic E-state index is 11.3. The number of ether oxygens (including phenoxy) is 2. The van der Waals surface area contributed by atoms with Gasteiger partial charge in [0.15, 0.2) is 0 Å². The Labute approximate surface area is 325 Å². The Morgan fingerprint density at radius 1 is 0.863 bits per heavy atom. The number of unbranched alkanes of at least 4 members (excludes halogenated alkanes) is 6. The zero-order valence-corrected chi connectivity index (χ0v) is 36.9. The van der Waals surface area contributed by atoms with Crippen molar-refractivity contribution in [1.82, 2.24) is 4.90 Å². The van der Waals surface area contributed by atoms with E-state index in [4.69, 9.17) is 20.9 Å². The SMILES string of the molecule is CCCCCO[C@@H]1CCCI(/C=C\C2C[C@@](N)(CC)C[C@H](OCCCN)C[C@H]2CCC(CC)[C@H](C)CC[C@@H](O)N(CCCCC)CCCCC)C1. The van der Waals surface area contributed by atoms with E-state index in [0.717, 1.165) is 71.2 Å². The molecule has 7 heteroatoms. The van der Waals surface area contributed by atoms with E-state index in [0.29, 0.717) is 36.3 Å². The molecule has 2 fully saturated rings. The van der Waals surface area contributed by atoms with Crippen molar-refractivity contribution in [3.05, 3.63) is 10.2 Å². The van der Waals surface area contributed by atoms with E-state index in [-0.39, 0.29) is 17.9 Å². The Morgan fingerprint density at radius 2 is 1.53 bits per heavy atom. The first-order valence-electron chi connectivity index (χ1n) is 22.1. The van der Waals surface area contributed by atoms with Crippen LogP contribution in [0.15, 0.2) is 10.2 Å². The number of hydrogen-bond donors (Lipinski definition) is 3. The van der Waals surface area contributed by atoms with E-state index in [1.54, 1.807) is 0 Å². The van der Waals surface area contributed by atoms with E-state index in [9.17, 15) is 5.11 Å². The number of aliphatic hydroxyl groups is 1. The molecule has 5 N–H and O–H groups in total. The first-order valence-corrected chi connectivity index (χ1v) is 26.4. The van der Waals surface area contributed by atoms with Gasteiger partial charge in [0.05, 0.1) is 0 Å². The third-order valence-electron chi connectivity index (χ3n) is 12.4. The van der Waals surface area contributed by atoms with Crippen molar-refractivity contribution in [2.75, 3.05) is 41.7 Å². The molecule has 8 atom stereocenters. The quantitative estimate of drug-likeness (QED) is 0.0228. The Bertz CT molecular complexity index is 853. The molecule has 0 bridgehead atoms. The van der Waals surface area contributed by atoms with Gasteiger partial charge < -0.3 is 0 Å². The van der Waals surface area contributed by atoms with Crippen LogP contribution in [0.3, 0.4) is 0 Å². The van der Waals surface area contributed by atoms with E-state index < -0.39 is 19.8 Å². The van der Waals surface area contributed by atoms with Crippen LogP contribution in [0, 0.1) is 23.7 Å². The Morgan fingerprint density at radius 3 is 2.18 bits per heavy atom. The van der Waals surface area contributed by atoms with Gasteiger partial charge in [-0.2, -0.15) is 0 Å². The standard InChI is InChI=1S/C44H88IN3O3/c1-7-12-15-29-48(30-16-13-8-2)43(49)24-21-37(6)38(10-4)22-23-39-33-42(51-32-19-28-46)35-44(47,11-5)34-40(39)25-27-45-26-18-20-41(36-45)50-31-17-14-9-3/h25,27,37-43,49H,7-24,26,28-36,46-47H2,1-6H3/b27-25-/t37-,38?,39-,40?,41-,42-,43-,44+/m1/s1. The zero-order valence-electron chi connectivity index (χ0n) is 34.7. The molecule has 2 rings (SSSR count). The fourth-order valence-corrected chi connectivity index (χ4v) is 14.2. The average molecular weight is 834 g/mol. The molecule has 0 amide bonds. The van der Waals surface area contributed by atoms with Gasteiger partial charge in [-0.15, -0.1) is 0 Å². The van der Waals surface area contributed by atoms with Crippen LogP contribution in [-0.2, 0) is 9.47 Å². The summed E-state index contributed by atoms with van der Waals surface area (Å²) < 4.78 is 18.5. The Hall–Kier alpha value is 0.230. The number of aliphatic hydroxyl groups excluding tert-OH is 1. The molecule has 1 aliphatic carbocycles. The zero-order chi connectivity index (χ0) is 37.3. The van der Waals surface area contributed by atoms with Gasteiger partial charge >= 0.3 is 261 Å². The van der Waals surface area contributed by atoms with Crippen molar-refractivity contribution >= 4 is 19.8 Å². The van der Waals surface area contributed by atoms with Gasteiger partial charge in [-0.05, 0) is 12.8 Å². The van der Waals surface area contributed by atoms with Gasteiger partial charge in [0, 0.05) is 13.1 Å². The molecule has 0 spiro atoms. The molecule has 2 aliphatic rings. The minimum atomic E-state index is -1.18. The van der Waals surface area contributed by atoms with Crippen LogP contribution >= 0.6 is 19.8 Å². The maximum absolute atomic E-state index is 11.3. The summed E-state index contributed by atoms with van der Waals surface area (Å²) in [5.41, 5.74) is 12.9. The van der Waals surface area contributed by atoms with Gasteiger partial charge in [0.1, 0.15) is 0 Å². The second-order valence-corrected chi connectivity index (χ2v) is 22.2. The van der Waals surface area contributed by atoms with E-state index >= 15 is 0 Å². The molecule has 0 aromatic heterocycles. The molecule has 2 unspecified atom stereocenters. The van der Waals surface area contributed by atoms with Crippen LogP contribution in [0.1, 0.15) is 176 Å². The van der Waals surface area contributed by atoms with Crippen LogP contribution in [0.4, 0.5) is 0 Å². The molecule has 0 aromatic carbocycles. The number of hydrogen-bond acceptors (Lipinski definition) is 6. The summed E-state index contributed by atoms with van der Waals surface area (Å²) in [5, 5.41) is 11.3. The summed E-state index contributed by atoms with van der Waals surface area (Å²) in [7, 11) is 0. The fraction of sp³-hybridized carbons (Fsp3) is 0.955. The summed E-state index contributed by atoms with van der Waals surface area (Å²) in [6.45, 7) is 18.4. The molecule has 304 valence electrons. The van der Waals surface area contributed by atoms with Crippen LogP contribution in [-0.4, -0.2) is 75.7 Å². The molecule has 0 aromatic rings. The van der Waals surface area contributed by atoms with Crippen molar-refractivity contribution in [3.8, 4) is 0 Å². The van der Waals surface area contributed by atoms with Gasteiger partial charge in [-0.3, -0.25) is 0 Å². The molecule has 6 nitrogen and oxygen atoms in total. The minimum absolute atomic E-state index is 0.175. The normalized spacial score (nSPS) is 27.2. The van der Waals surface area contributed by atoms with Crippen LogP contribution < -0.4 is 11.5 Å². The Balaban J connectivity index is 2.12. The summed E-state index contributed by atoms with van der Waals surface area (Å²) >= 11 is -1.18. The molecule has 1 saturated heterocycles. The molecule has 51 heavy (non-hydrogen) atoms. The fourth-order valence-electron chi connectivity index (χ4n) is 8.66. The molecule has 1 aliphatic heterocycles. The van der Waals surface area contributed by atoms with E-state index in [1.807, 2.05) is 0 Å². The second-order valence-electron chi connectivity index (χ2n) is 16.7. The monoisotopic (exact) mass is 834 g/mol. The van der Waals surface area contributed by atoms with Crippen molar-refractivity contribution in [2.45, 2.75) is 200 Å². The predicted molar refractivity (Wildman–Crippen MR) is 231 cm³/mol. The molecular formula is C44H88IN3O3. The number of allylic oxidation sites excluding steroid dienone is 1. The van der Waals surface area contributed by atoms with Gasteiger partial charge in [-0.1, -0.05) is 39.5 Å². The summed E-state index contributed by atoms with van der Waals surface area (Å²) in [4.78, 5) is 2.38. The van der Waals surface area contributed by atoms with Crippen molar-refractivity contribution < 1.29 is 14.6 Å². The van der Waals surface area contributed by atoms with Crippen LogP contribution in [0.2, 0.25) is 0 Å². The number of nitrogens with two attached hydrogens (primary N) is 2. The average Bonchev–Trinajstić information content (AvgIpc) is 3.27. The molecular weight excluding hydrogens is 745 g/mol. The molecule has 0 radical (unpaired) electrons. The number of halogens is 1. The van der Waals surface area contributed by atoms with Crippen molar-refractivity contribution in [2.24, 2.45) is 35.1 Å². The number of rotatable bonds is 29. The Kier molecular flexibility index (Phi) is 26.6. The van der Waals surface area contributed by atoms with Gasteiger partial charge in [0.25, 0.3) is 0 Å². The first kappa shape index (κ1) is 47.4. The summed E-state index contributed by atoms with van der Waals surface area (Å²) in [6.07, 6.45) is 27.6. The first-order chi connectivity index (χ1) is 24.7. The van der Waals surface area contributed by atoms with Crippen LogP contribution in [0.25, 0.3) is 0 Å². The topological polar surface area (TPSA) is 94.0 Å². The third-order valence-corrected chi connectivity index (χ3v) is 18.1. The number of nitrogens with zero attached hydrogens (tertiary/aromatic N) is 1. The van der Waals surface area contributed by atoms with Crippen molar-refractivity contribution in [3.63, 3.8) is 0 Å². The summed E-state index contributed by atoms with van der Waals surface area (Å²) in [6, 6.07) is 0. The molecule has 1 heterocycles. The van der Waals surface area contributed by atoms with E-state index in [1.165, 1.54) is 98.7 Å². The van der Waals surface area contributed by atoms with E-state index in [2.05, 4.69) is 56.6 Å². The predicted octanol–water partition coefficient (Wildman–Crippen LogP) is 10.9. The second kappa shape index (κ2) is 28.6. The molecule has 1 saturated carbocycles. The summed E-state index contributed by atoms with van der Waals surface area (Å²) in [5.74, 6) is 2.42.